The second-order valence-corrected chi connectivity index (χ2v) is 2.56. The van der Waals surface area contributed by atoms with E-state index in [-0.39, 0.29) is 0 Å². The third-order valence-corrected chi connectivity index (χ3v) is 1.94. The van der Waals surface area contributed by atoms with Crippen LogP contribution in [0.2, 0.25) is 0 Å². The van der Waals surface area contributed by atoms with Crippen molar-refractivity contribution in [1.29, 1.82) is 0 Å². The molecule has 2 nitrogen and oxygen atoms in total. The first kappa shape index (κ1) is 9.92. The molecule has 0 saturated carbocycles. The lowest BCUT2D eigenvalue weighted by molar-refractivity contribution is 0.0242. The molecular weight excluding hydrogens is 128 g/mol. The summed E-state index contributed by atoms with van der Waals surface area (Å²) in [5.74, 6) is 0.537. The van der Waals surface area contributed by atoms with Gasteiger partial charge < -0.3 is 9.47 Å². The third-order valence-electron chi connectivity index (χ3n) is 1.94. The van der Waals surface area contributed by atoms with Gasteiger partial charge in [0.15, 0.2) is 0 Å². The average molecular weight is 146 g/mol. The van der Waals surface area contributed by atoms with E-state index in [0.29, 0.717) is 12.0 Å². The largest absolute Gasteiger partial charge is 0.384 e. The maximum atomic E-state index is 5.18. The minimum atomic E-state index is 0.310. The molecule has 2 atom stereocenters. The Labute approximate surface area is 63.5 Å². The third kappa shape index (κ3) is 3.18. The fourth-order valence-corrected chi connectivity index (χ4v) is 0.992. The number of hydrogen-bond acceptors (Lipinski definition) is 2. The van der Waals surface area contributed by atoms with Crippen molar-refractivity contribution >= 4 is 0 Å². The van der Waals surface area contributed by atoms with Gasteiger partial charge >= 0.3 is 0 Å². The molecule has 0 aromatic heterocycles. The summed E-state index contributed by atoms with van der Waals surface area (Å²) in [5.41, 5.74) is 0. The summed E-state index contributed by atoms with van der Waals surface area (Å²) in [4.78, 5) is 0. The molecule has 0 spiro atoms. The number of methoxy groups -OCH3 is 2. The first-order valence-corrected chi connectivity index (χ1v) is 3.78. The van der Waals surface area contributed by atoms with Crippen molar-refractivity contribution in [2.45, 2.75) is 26.4 Å². The standard InChI is InChI=1S/C8H18O2/c1-5-8(6-9-3)7(2)10-4/h7-8H,5-6H2,1-4H3/t7-,8-/m1/s1. The first-order chi connectivity index (χ1) is 4.76. The van der Waals surface area contributed by atoms with Crippen LogP contribution in [-0.2, 0) is 9.47 Å². The molecule has 0 heterocycles. The van der Waals surface area contributed by atoms with Crippen LogP contribution in [0.25, 0.3) is 0 Å². The van der Waals surface area contributed by atoms with Gasteiger partial charge in [-0.05, 0) is 13.3 Å². The van der Waals surface area contributed by atoms with Gasteiger partial charge in [-0.2, -0.15) is 0 Å². The zero-order chi connectivity index (χ0) is 7.98. The molecule has 10 heavy (non-hydrogen) atoms. The number of rotatable bonds is 5. The van der Waals surface area contributed by atoms with Gasteiger partial charge in [-0.15, -0.1) is 0 Å². The van der Waals surface area contributed by atoms with Crippen LogP contribution in [0.4, 0.5) is 0 Å². The summed E-state index contributed by atoms with van der Waals surface area (Å²) >= 11 is 0. The fourth-order valence-electron chi connectivity index (χ4n) is 0.992. The maximum Gasteiger partial charge on any atom is 0.0593 e. The Bertz CT molecular complexity index is 73.7. The summed E-state index contributed by atoms with van der Waals surface area (Å²) in [6, 6.07) is 0. The smallest absolute Gasteiger partial charge is 0.0593 e. The monoisotopic (exact) mass is 146 g/mol. The molecule has 0 aromatic carbocycles. The predicted octanol–water partition coefficient (Wildman–Crippen LogP) is 1.69. The van der Waals surface area contributed by atoms with Crippen molar-refractivity contribution < 1.29 is 9.47 Å². The Morgan fingerprint density at radius 1 is 1.30 bits per heavy atom. The number of ether oxygens (including phenoxy) is 2. The van der Waals surface area contributed by atoms with Gasteiger partial charge in [0.2, 0.25) is 0 Å². The molecule has 0 aliphatic carbocycles. The summed E-state index contributed by atoms with van der Waals surface area (Å²) < 4.78 is 10.2. The summed E-state index contributed by atoms with van der Waals surface area (Å²) in [6.45, 7) is 5.03. The molecule has 0 radical (unpaired) electrons. The second kappa shape index (κ2) is 5.69. The predicted molar refractivity (Wildman–Crippen MR) is 42.1 cm³/mol. The highest BCUT2D eigenvalue weighted by Crippen LogP contribution is 2.10. The van der Waals surface area contributed by atoms with Gasteiger partial charge in [0.05, 0.1) is 12.7 Å². The van der Waals surface area contributed by atoms with E-state index in [0.717, 1.165) is 13.0 Å². The molecule has 0 unspecified atom stereocenters. The van der Waals surface area contributed by atoms with Crippen molar-refractivity contribution in [2.75, 3.05) is 20.8 Å². The SMILES string of the molecule is CC[C@H](COC)[C@@H](C)OC. The Morgan fingerprint density at radius 3 is 2.20 bits per heavy atom. The quantitative estimate of drug-likeness (QED) is 0.587. The Morgan fingerprint density at radius 2 is 1.90 bits per heavy atom. The van der Waals surface area contributed by atoms with E-state index in [4.69, 9.17) is 9.47 Å². The van der Waals surface area contributed by atoms with Crippen LogP contribution in [0.1, 0.15) is 20.3 Å². The van der Waals surface area contributed by atoms with E-state index in [1.807, 2.05) is 0 Å². The van der Waals surface area contributed by atoms with Crippen molar-refractivity contribution in [3.8, 4) is 0 Å². The lowest BCUT2D eigenvalue weighted by Gasteiger charge is -2.19. The van der Waals surface area contributed by atoms with Crippen LogP contribution in [0, 0.1) is 5.92 Å². The molecule has 0 N–H and O–H groups in total. The van der Waals surface area contributed by atoms with Gasteiger partial charge in [-0.3, -0.25) is 0 Å². The zero-order valence-corrected chi connectivity index (χ0v) is 7.39. The van der Waals surface area contributed by atoms with E-state index >= 15 is 0 Å². The molecule has 0 amide bonds. The highest BCUT2D eigenvalue weighted by Gasteiger charge is 2.13. The van der Waals surface area contributed by atoms with Gasteiger partial charge in [-0.25, -0.2) is 0 Å². The molecular formula is C8H18O2. The summed E-state index contributed by atoms with van der Waals surface area (Å²) in [7, 11) is 3.47. The van der Waals surface area contributed by atoms with Gasteiger partial charge in [0.25, 0.3) is 0 Å². The topological polar surface area (TPSA) is 18.5 Å². The first-order valence-electron chi connectivity index (χ1n) is 3.78. The minimum absolute atomic E-state index is 0.310. The van der Waals surface area contributed by atoms with Crippen LogP contribution >= 0.6 is 0 Å². The van der Waals surface area contributed by atoms with Crippen molar-refractivity contribution in [3.05, 3.63) is 0 Å². The molecule has 62 valence electrons. The molecule has 0 rings (SSSR count). The maximum absolute atomic E-state index is 5.18. The normalized spacial score (nSPS) is 16.8. The van der Waals surface area contributed by atoms with Crippen LogP contribution < -0.4 is 0 Å². The van der Waals surface area contributed by atoms with E-state index in [9.17, 15) is 0 Å². The Balaban J connectivity index is 3.56. The second-order valence-electron chi connectivity index (χ2n) is 2.56. The van der Waals surface area contributed by atoms with Crippen molar-refractivity contribution in [1.82, 2.24) is 0 Å². The lowest BCUT2D eigenvalue weighted by Crippen LogP contribution is -2.22. The molecule has 0 fully saturated rings. The van der Waals surface area contributed by atoms with Gasteiger partial charge in [0, 0.05) is 20.1 Å². The zero-order valence-electron chi connectivity index (χ0n) is 7.39. The highest BCUT2D eigenvalue weighted by molar-refractivity contribution is 4.62. The van der Waals surface area contributed by atoms with Gasteiger partial charge in [-0.1, -0.05) is 6.92 Å². The van der Waals surface area contributed by atoms with Gasteiger partial charge in [0.1, 0.15) is 0 Å². The van der Waals surface area contributed by atoms with Crippen LogP contribution in [0.5, 0.6) is 0 Å². The molecule has 0 aliphatic rings. The molecule has 2 heteroatoms. The highest BCUT2D eigenvalue weighted by atomic mass is 16.5. The van der Waals surface area contributed by atoms with Crippen LogP contribution in [0.3, 0.4) is 0 Å². The van der Waals surface area contributed by atoms with E-state index in [1.54, 1.807) is 14.2 Å². The summed E-state index contributed by atoms with van der Waals surface area (Å²) in [5, 5.41) is 0. The lowest BCUT2D eigenvalue weighted by atomic mass is 10.0. The fraction of sp³-hybridized carbons (Fsp3) is 1.00. The Kier molecular flexibility index (Phi) is 5.64. The van der Waals surface area contributed by atoms with Crippen LogP contribution in [-0.4, -0.2) is 26.9 Å². The molecule has 0 saturated heterocycles. The molecule has 0 bridgehead atoms. The van der Waals surface area contributed by atoms with E-state index in [1.165, 1.54) is 0 Å². The minimum Gasteiger partial charge on any atom is -0.384 e. The number of hydrogen-bond donors (Lipinski definition) is 0. The average Bonchev–Trinajstić information content (AvgIpc) is 1.99. The van der Waals surface area contributed by atoms with Crippen LogP contribution in [0.15, 0.2) is 0 Å². The Hall–Kier alpha value is -0.0800. The molecule has 0 aromatic rings. The van der Waals surface area contributed by atoms with E-state index in [2.05, 4.69) is 13.8 Å². The summed E-state index contributed by atoms with van der Waals surface area (Å²) in [6.07, 6.45) is 1.42. The van der Waals surface area contributed by atoms with E-state index < -0.39 is 0 Å². The molecule has 0 aliphatic heterocycles. The van der Waals surface area contributed by atoms with Crippen molar-refractivity contribution in [3.63, 3.8) is 0 Å². The van der Waals surface area contributed by atoms with Crippen molar-refractivity contribution in [2.24, 2.45) is 5.92 Å².